The van der Waals surface area contributed by atoms with E-state index in [1.807, 2.05) is 6.92 Å². The van der Waals surface area contributed by atoms with Crippen molar-refractivity contribution in [1.29, 1.82) is 0 Å². The summed E-state index contributed by atoms with van der Waals surface area (Å²) in [5, 5.41) is 0. The second kappa shape index (κ2) is 4.31. The first-order valence-electron chi connectivity index (χ1n) is 4.66. The zero-order valence-corrected chi connectivity index (χ0v) is 10.9. The number of aryl methyl sites for hydroxylation is 1. The number of nitrogens with zero attached hydrogens (tertiary/aromatic N) is 1. The Morgan fingerprint density at radius 3 is 2.53 bits per heavy atom. The van der Waals surface area contributed by atoms with Gasteiger partial charge >= 0.3 is 0 Å². The number of halogens is 1. The van der Waals surface area contributed by atoms with E-state index in [2.05, 4.69) is 20.9 Å². The highest BCUT2D eigenvalue weighted by Crippen LogP contribution is 2.23. The van der Waals surface area contributed by atoms with Gasteiger partial charge in [0.05, 0.1) is 5.69 Å². The number of carbonyl (C=O) groups is 1. The minimum Gasteiger partial charge on any atom is -0.478 e. The molecule has 0 aliphatic carbocycles. The van der Waals surface area contributed by atoms with Crippen molar-refractivity contribution in [1.82, 2.24) is 4.98 Å². The Kier molecular flexibility index (Phi) is 3.50. The van der Waals surface area contributed by atoms with Gasteiger partial charge in [-0.05, 0) is 55.8 Å². The number of rotatable bonds is 3. The van der Waals surface area contributed by atoms with E-state index >= 15 is 0 Å². The fraction of sp³-hybridized carbons (Fsp3) is 0.455. The molecule has 0 radical (unpaired) electrons. The van der Waals surface area contributed by atoms with Gasteiger partial charge in [0.15, 0.2) is 11.4 Å². The molecule has 0 saturated heterocycles. The molecule has 0 saturated carbocycles. The van der Waals surface area contributed by atoms with E-state index in [1.54, 1.807) is 26.0 Å². The van der Waals surface area contributed by atoms with E-state index < -0.39 is 5.60 Å². The minimum absolute atomic E-state index is 0.00943. The molecule has 0 fully saturated rings. The summed E-state index contributed by atoms with van der Waals surface area (Å²) in [6.45, 7) is 6.85. The number of ether oxygens (including phenoxy) is 1. The van der Waals surface area contributed by atoms with Crippen LogP contribution in [0.1, 0.15) is 26.5 Å². The topological polar surface area (TPSA) is 39.2 Å². The van der Waals surface area contributed by atoms with Crippen molar-refractivity contribution < 1.29 is 9.53 Å². The molecule has 82 valence electrons. The van der Waals surface area contributed by atoms with E-state index in [0.29, 0.717) is 5.75 Å². The van der Waals surface area contributed by atoms with E-state index in [4.69, 9.17) is 4.74 Å². The van der Waals surface area contributed by atoms with Gasteiger partial charge in [0.2, 0.25) is 0 Å². The molecule has 1 aromatic heterocycles. The number of pyridine rings is 1. The number of hydrogen-bond donors (Lipinski definition) is 0. The third kappa shape index (κ3) is 3.02. The Morgan fingerprint density at radius 2 is 2.07 bits per heavy atom. The van der Waals surface area contributed by atoms with E-state index in [1.165, 1.54) is 6.92 Å². The Hall–Kier alpha value is -0.900. The summed E-state index contributed by atoms with van der Waals surface area (Å²) in [7, 11) is 0. The first kappa shape index (κ1) is 12.2. The maximum absolute atomic E-state index is 11.3. The molecule has 0 bridgehead atoms. The molecule has 4 heteroatoms. The molecule has 3 nitrogen and oxygen atoms in total. The summed E-state index contributed by atoms with van der Waals surface area (Å²) in [5.41, 5.74) is -0.0426. The van der Waals surface area contributed by atoms with Gasteiger partial charge in [-0.3, -0.25) is 4.79 Å². The molecular weight excluding hydrogens is 258 g/mol. The smallest absolute Gasteiger partial charge is 0.172 e. The Balaban J connectivity index is 2.95. The van der Waals surface area contributed by atoms with Gasteiger partial charge in [-0.15, -0.1) is 0 Å². The highest BCUT2D eigenvalue weighted by molar-refractivity contribution is 9.10. The fourth-order valence-corrected chi connectivity index (χ4v) is 1.37. The van der Waals surface area contributed by atoms with Gasteiger partial charge < -0.3 is 4.74 Å². The fourth-order valence-electron chi connectivity index (χ4n) is 0.972. The molecule has 1 rings (SSSR count). The highest BCUT2D eigenvalue weighted by atomic mass is 79.9. The monoisotopic (exact) mass is 271 g/mol. The quantitative estimate of drug-likeness (QED) is 0.794. The van der Waals surface area contributed by atoms with Crippen LogP contribution in [0.25, 0.3) is 0 Å². The molecular formula is C11H14BrNO2. The first-order chi connectivity index (χ1) is 6.83. The summed E-state index contributed by atoms with van der Waals surface area (Å²) >= 11 is 3.27. The van der Waals surface area contributed by atoms with E-state index in [0.717, 1.165) is 10.3 Å². The van der Waals surface area contributed by atoms with Crippen LogP contribution in [0.4, 0.5) is 0 Å². The Morgan fingerprint density at radius 1 is 1.47 bits per heavy atom. The number of hydrogen-bond acceptors (Lipinski definition) is 3. The number of aromatic nitrogens is 1. The lowest BCUT2D eigenvalue weighted by Crippen LogP contribution is -2.36. The average Bonchev–Trinajstić information content (AvgIpc) is 2.09. The van der Waals surface area contributed by atoms with Crippen LogP contribution in [0.5, 0.6) is 5.75 Å². The van der Waals surface area contributed by atoms with E-state index in [9.17, 15) is 4.79 Å². The second-order valence-electron chi connectivity index (χ2n) is 3.89. The molecule has 1 heterocycles. The molecule has 0 amide bonds. The van der Waals surface area contributed by atoms with Crippen LogP contribution < -0.4 is 4.74 Å². The maximum atomic E-state index is 11.3. The number of carbonyl (C=O) groups excluding carboxylic acids is 1. The standard InChI is InChI=1S/C11H14BrNO2/c1-7-9(5-6-10(12)13-7)15-11(3,4)8(2)14/h5-6H,1-4H3. The second-order valence-corrected chi connectivity index (χ2v) is 4.70. The molecule has 0 unspecified atom stereocenters. The van der Waals surface area contributed by atoms with Gasteiger partial charge in [-0.1, -0.05) is 0 Å². The summed E-state index contributed by atoms with van der Waals surface area (Å²) in [4.78, 5) is 15.5. The van der Waals surface area contributed by atoms with E-state index in [-0.39, 0.29) is 5.78 Å². The molecule has 15 heavy (non-hydrogen) atoms. The lowest BCUT2D eigenvalue weighted by molar-refractivity contribution is -0.129. The largest absolute Gasteiger partial charge is 0.478 e. The van der Waals surface area contributed by atoms with Gasteiger partial charge in [-0.2, -0.15) is 0 Å². The van der Waals surface area contributed by atoms with Crippen LogP contribution in [0.15, 0.2) is 16.7 Å². The molecule has 0 aromatic carbocycles. The lowest BCUT2D eigenvalue weighted by Gasteiger charge is -2.24. The number of Topliss-reactive ketones (excluding diaryl/α,β-unsaturated/α-hetero) is 1. The molecule has 0 aliphatic heterocycles. The summed E-state index contributed by atoms with van der Waals surface area (Å²) in [5.74, 6) is 0.628. The van der Waals surface area contributed by atoms with Gasteiger partial charge in [0.1, 0.15) is 10.4 Å². The lowest BCUT2D eigenvalue weighted by atomic mass is 10.1. The molecule has 0 aliphatic rings. The number of ketones is 1. The summed E-state index contributed by atoms with van der Waals surface area (Å²) < 4.78 is 6.37. The molecule has 0 atom stereocenters. The molecule has 1 aromatic rings. The van der Waals surface area contributed by atoms with Gasteiger partial charge in [-0.25, -0.2) is 4.98 Å². The normalized spacial score (nSPS) is 11.3. The van der Waals surface area contributed by atoms with Crippen LogP contribution in [0, 0.1) is 6.92 Å². The Labute approximate surface area is 98.0 Å². The Bertz CT molecular complexity index is 388. The predicted molar refractivity (Wildman–Crippen MR) is 62.1 cm³/mol. The zero-order valence-electron chi connectivity index (χ0n) is 9.30. The van der Waals surface area contributed by atoms with Crippen LogP contribution >= 0.6 is 15.9 Å². The van der Waals surface area contributed by atoms with Crippen LogP contribution in [-0.4, -0.2) is 16.4 Å². The predicted octanol–water partition coefficient (Wildman–Crippen LogP) is 2.90. The summed E-state index contributed by atoms with van der Waals surface area (Å²) in [6, 6.07) is 3.59. The van der Waals surface area contributed by atoms with Crippen molar-refractivity contribution in [2.45, 2.75) is 33.3 Å². The SMILES string of the molecule is CC(=O)C(C)(C)Oc1ccc(Br)nc1C. The van der Waals surface area contributed by atoms with Crippen LogP contribution in [0.2, 0.25) is 0 Å². The zero-order chi connectivity index (χ0) is 11.6. The first-order valence-corrected chi connectivity index (χ1v) is 5.45. The van der Waals surface area contributed by atoms with Crippen molar-refractivity contribution in [3.05, 3.63) is 22.4 Å². The third-order valence-corrected chi connectivity index (χ3v) is 2.66. The maximum Gasteiger partial charge on any atom is 0.172 e. The van der Waals surface area contributed by atoms with Crippen LogP contribution in [0.3, 0.4) is 0 Å². The van der Waals surface area contributed by atoms with Crippen molar-refractivity contribution in [2.75, 3.05) is 0 Å². The van der Waals surface area contributed by atoms with Crippen molar-refractivity contribution in [3.8, 4) is 5.75 Å². The molecule has 0 N–H and O–H groups in total. The highest BCUT2D eigenvalue weighted by Gasteiger charge is 2.26. The van der Waals surface area contributed by atoms with Gasteiger partial charge in [0, 0.05) is 0 Å². The average molecular weight is 272 g/mol. The van der Waals surface area contributed by atoms with Crippen molar-refractivity contribution in [3.63, 3.8) is 0 Å². The molecule has 0 spiro atoms. The van der Waals surface area contributed by atoms with Crippen molar-refractivity contribution in [2.24, 2.45) is 0 Å². The van der Waals surface area contributed by atoms with Crippen molar-refractivity contribution >= 4 is 21.7 Å². The van der Waals surface area contributed by atoms with Crippen LogP contribution in [-0.2, 0) is 4.79 Å². The third-order valence-electron chi connectivity index (χ3n) is 2.22. The van der Waals surface area contributed by atoms with Gasteiger partial charge in [0.25, 0.3) is 0 Å². The minimum atomic E-state index is -0.805. The summed E-state index contributed by atoms with van der Waals surface area (Å²) in [6.07, 6.45) is 0.